The van der Waals surface area contributed by atoms with Crippen LogP contribution in [0, 0.1) is 0 Å². The molecule has 1 aromatic heterocycles. The lowest BCUT2D eigenvalue weighted by Gasteiger charge is -2.11. The van der Waals surface area contributed by atoms with Crippen LogP contribution in [0.2, 0.25) is 5.02 Å². The lowest BCUT2D eigenvalue weighted by atomic mass is 10.2. The average molecular weight is 301 g/mol. The van der Waals surface area contributed by atoms with Gasteiger partial charge in [-0.15, -0.1) is 0 Å². The molecular formula is C10H9ClN4O3S. The molecule has 2 amide bonds. The van der Waals surface area contributed by atoms with E-state index in [0.717, 1.165) is 11.7 Å². The van der Waals surface area contributed by atoms with E-state index in [4.69, 9.17) is 16.7 Å². The average Bonchev–Trinajstić information content (AvgIpc) is 2.81. The highest BCUT2D eigenvalue weighted by Gasteiger charge is 2.17. The molecule has 0 aliphatic carbocycles. The monoisotopic (exact) mass is 300 g/mol. The van der Waals surface area contributed by atoms with E-state index in [1.54, 1.807) is 12.1 Å². The Bertz CT molecular complexity index is 645. The molecule has 19 heavy (non-hydrogen) atoms. The standard InChI is InChI=1S/C10H9ClN4O3S/c1-4(9(16)17)12-10(18)13-7-5(11)2-3-6-8(7)15-19-14-6/h2-4H,1H3,(H,16,17)(H2,12,13,18)/t4-/m1/s1. The fraction of sp³-hybridized carbons (Fsp3) is 0.200. The molecular weight excluding hydrogens is 292 g/mol. The van der Waals surface area contributed by atoms with Gasteiger partial charge >= 0.3 is 12.0 Å². The molecule has 0 saturated heterocycles. The van der Waals surface area contributed by atoms with E-state index < -0.39 is 18.0 Å². The van der Waals surface area contributed by atoms with Gasteiger partial charge < -0.3 is 15.7 Å². The Morgan fingerprint density at radius 2 is 2.16 bits per heavy atom. The van der Waals surface area contributed by atoms with Crippen molar-refractivity contribution >= 4 is 52.1 Å². The number of halogens is 1. The van der Waals surface area contributed by atoms with Crippen LogP contribution in [-0.4, -0.2) is 31.9 Å². The second-order valence-electron chi connectivity index (χ2n) is 3.71. The van der Waals surface area contributed by atoms with Crippen molar-refractivity contribution in [2.24, 2.45) is 0 Å². The third kappa shape index (κ3) is 2.91. The Hall–Kier alpha value is -1.93. The van der Waals surface area contributed by atoms with Crippen LogP contribution >= 0.6 is 23.3 Å². The van der Waals surface area contributed by atoms with E-state index in [1.165, 1.54) is 6.92 Å². The summed E-state index contributed by atoms with van der Waals surface area (Å²) < 4.78 is 8.06. The number of carbonyl (C=O) groups excluding carboxylic acids is 1. The van der Waals surface area contributed by atoms with Crippen molar-refractivity contribution < 1.29 is 14.7 Å². The lowest BCUT2D eigenvalue weighted by molar-refractivity contribution is -0.138. The lowest BCUT2D eigenvalue weighted by Crippen LogP contribution is -2.40. The first-order chi connectivity index (χ1) is 8.99. The highest BCUT2D eigenvalue weighted by Crippen LogP contribution is 2.29. The first kappa shape index (κ1) is 13.5. The summed E-state index contributed by atoms with van der Waals surface area (Å²) in [6.45, 7) is 1.36. The third-order valence-corrected chi connectivity index (χ3v) is 3.19. The number of rotatable bonds is 3. The van der Waals surface area contributed by atoms with Gasteiger partial charge in [-0.05, 0) is 19.1 Å². The molecule has 0 aliphatic heterocycles. The molecule has 7 nitrogen and oxygen atoms in total. The van der Waals surface area contributed by atoms with Gasteiger partial charge in [-0.3, -0.25) is 4.79 Å². The summed E-state index contributed by atoms with van der Waals surface area (Å²) in [7, 11) is 0. The van der Waals surface area contributed by atoms with Crippen LogP contribution in [0.1, 0.15) is 6.92 Å². The van der Waals surface area contributed by atoms with Crippen LogP contribution in [0.25, 0.3) is 11.0 Å². The molecule has 3 N–H and O–H groups in total. The Balaban J connectivity index is 2.21. The number of carboxylic acids is 1. The summed E-state index contributed by atoms with van der Waals surface area (Å²) in [6.07, 6.45) is 0. The van der Waals surface area contributed by atoms with Crippen LogP contribution < -0.4 is 10.6 Å². The zero-order valence-corrected chi connectivity index (χ0v) is 11.2. The second-order valence-corrected chi connectivity index (χ2v) is 4.65. The molecule has 1 aromatic carbocycles. The number of benzene rings is 1. The van der Waals surface area contributed by atoms with Crippen LogP contribution in [0.5, 0.6) is 0 Å². The molecule has 0 saturated carbocycles. The Labute approximate surface area is 116 Å². The molecule has 2 rings (SSSR count). The van der Waals surface area contributed by atoms with Gasteiger partial charge in [0.15, 0.2) is 0 Å². The van der Waals surface area contributed by atoms with Gasteiger partial charge in [0.25, 0.3) is 0 Å². The fourth-order valence-corrected chi connectivity index (χ4v) is 2.10. The van der Waals surface area contributed by atoms with Gasteiger partial charge in [0.05, 0.1) is 22.4 Å². The number of anilines is 1. The molecule has 2 aromatic rings. The summed E-state index contributed by atoms with van der Waals surface area (Å²) >= 11 is 6.98. The Morgan fingerprint density at radius 1 is 1.42 bits per heavy atom. The van der Waals surface area contributed by atoms with Crippen molar-refractivity contribution in [3.8, 4) is 0 Å². The number of nitrogens with one attached hydrogen (secondary N) is 2. The predicted molar refractivity (Wildman–Crippen MR) is 71.7 cm³/mol. The van der Waals surface area contributed by atoms with E-state index in [9.17, 15) is 9.59 Å². The van der Waals surface area contributed by atoms with Crippen molar-refractivity contribution in [1.82, 2.24) is 14.1 Å². The van der Waals surface area contributed by atoms with Crippen molar-refractivity contribution in [2.45, 2.75) is 13.0 Å². The van der Waals surface area contributed by atoms with E-state index in [-0.39, 0.29) is 0 Å². The van der Waals surface area contributed by atoms with Gasteiger partial charge in [-0.25, -0.2) is 4.79 Å². The predicted octanol–water partition coefficient (Wildman–Crippen LogP) is 1.94. The number of amides is 2. The Kier molecular flexibility index (Phi) is 3.82. The molecule has 0 unspecified atom stereocenters. The SMILES string of the molecule is C[C@@H](NC(=O)Nc1c(Cl)ccc2nsnc12)C(=O)O. The van der Waals surface area contributed by atoms with Crippen LogP contribution in [0.3, 0.4) is 0 Å². The molecule has 0 radical (unpaired) electrons. The maximum absolute atomic E-state index is 11.7. The molecule has 1 heterocycles. The van der Waals surface area contributed by atoms with E-state index in [2.05, 4.69) is 19.4 Å². The number of aromatic nitrogens is 2. The number of hydrogen-bond donors (Lipinski definition) is 3. The Morgan fingerprint density at radius 3 is 2.84 bits per heavy atom. The molecule has 100 valence electrons. The quantitative estimate of drug-likeness (QED) is 0.803. The zero-order valence-electron chi connectivity index (χ0n) is 9.68. The molecule has 0 aliphatic rings. The molecule has 1 atom stereocenters. The second kappa shape index (κ2) is 5.37. The summed E-state index contributed by atoms with van der Waals surface area (Å²) in [5.74, 6) is -1.13. The normalized spacial score (nSPS) is 12.1. The highest BCUT2D eigenvalue weighted by molar-refractivity contribution is 7.00. The van der Waals surface area contributed by atoms with E-state index >= 15 is 0 Å². The minimum Gasteiger partial charge on any atom is -0.480 e. The van der Waals surface area contributed by atoms with E-state index in [1.807, 2.05) is 0 Å². The van der Waals surface area contributed by atoms with Gasteiger partial charge in [0, 0.05) is 0 Å². The van der Waals surface area contributed by atoms with Crippen LogP contribution in [0.4, 0.5) is 10.5 Å². The molecule has 0 bridgehead atoms. The van der Waals surface area contributed by atoms with Gasteiger partial charge in [0.2, 0.25) is 0 Å². The zero-order chi connectivity index (χ0) is 14.0. The minimum absolute atomic E-state index is 0.304. The minimum atomic E-state index is -1.13. The number of nitrogens with zero attached hydrogens (tertiary/aromatic N) is 2. The van der Waals surface area contributed by atoms with Gasteiger partial charge in [0.1, 0.15) is 17.1 Å². The first-order valence-electron chi connectivity index (χ1n) is 5.20. The number of carboxylic acid groups (broad SMARTS) is 1. The fourth-order valence-electron chi connectivity index (χ4n) is 1.35. The number of urea groups is 1. The number of aliphatic carboxylic acids is 1. The summed E-state index contributed by atoms with van der Waals surface area (Å²) in [5.41, 5.74) is 1.38. The molecule has 9 heteroatoms. The number of carbonyl (C=O) groups is 2. The molecule has 0 fully saturated rings. The van der Waals surface area contributed by atoms with Crippen LogP contribution in [0.15, 0.2) is 12.1 Å². The van der Waals surface area contributed by atoms with Gasteiger partial charge in [-0.1, -0.05) is 11.6 Å². The van der Waals surface area contributed by atoms with Crippen molar-refractivity contribution in [3.63, 3.8) is 0 Å². The first-order valence-corrected chi connectivity index (χ1v) is 6.31. The summed E-state index contributed by atoms with van der Waals surface area (Å²) in [4.78, 5) is 22.3. The summed E-state index contributed by atoms with van der Waals surface area (Å²) in [6, 6.07) is 1.59. The topological polar surface area (TPSA) is 104 Å². The largest absolute Gasteiger partial charge is 0.480 e. The van der Waals surface area contributed by atoms with Crippen molar-refractivity contribution in [3.05, 3.63) is 17.2 Å². The summed E-state index contributed by atoms with van der Waals surface area (Å²) in [5, 5.41) is 13.7. The van der Waals surface area contributed by atoms with Crippen molar-refractivity contribution in [2.75, 3.05) is 5.32 Å². The van der Waals surface area contributed by atoms with Gasteiger partial charge in [-0.2, -0.15) is 8.75 Å². The van der Waals surface area contributed by atoms with E-state index in [0.29, 0.717) is 21.7 Å². The van der Waals surface area contributed by atoms with Crippen molar-refractivity contribution in [1.29, 1.82) is 0 Å². The third-order valence-electron chi connectivity index (χ3n) is 2.33. The highest BCUT2D eigenvalue weighted by atomic mass is 35.5. The smallest absolute Gasteiger partial charge is 0.325 e. The van der Waals surface area contributed by atoms with Crippen LogP contribution in [-0.2, 0) is 4.79 Å². The maximum atomic E-state index is 11.7. The number of fused-ring (bicyclic) bond motifs is 1. The maximum Gasteiger partial charge on any atom is 0.325 e. The molecule has 0 spiro atoms. The number of hydrogen-bond acceptors (Lipinski definition) is 5.